The summed E-state index contributed by atoms with van der Waals surface area (Å²) in [5.41, 5.74) is 2.98. The lowest BCUT2D eigenvalue weighted by atomic mass is 9.93. The van der Waals surface area contributed by atoms with E-state index in [2.05, 4.69) is 42.0 Å². The molecule has 0 saturated carbocycles. The van der Waals surface area contributed by atoms with Crippen LogP contribution in [0.25, 0.3) is 10.9 Å². The van der Waals surface area contributed by atoms with E-state index in [1.165, 1.54) is 29.4 Å². The molecular weight excluding hydrogens is 158 g/mol. The van der Waals surface area contributed by atoms with Crippen LogP contribution in [-0.4, -0.2) is 4.57 Å². The van der Waals surface area contributed by atoms with Crippen molar-refractivity contribution in [2.24, 2.45) is 0 Å². The van der Waals surface area contributed by atoms with Crippen LogP contribution in [0.15, 0.2) is 30.5 Å². The fourth-order valence-corrected chi connectivity index (χ4v) is 2.36. The zero-order chi connectivity index (χ0) is 8.84. The number of aromatic nitrogens is 1. The van der Waals surface area contributed by atoms with E-state index < -0.39 is 0 Å². The second kappa shape index (κ2) is 2.38. The topological polar surface area (TPSA) is 4.93 Å². The molecule has 1 nitrogen and oxygen atoms in total. The minimum Gasteiger partial charge on any atom is -0.347 e. The summed E-state index contributed by atoms with van der Waals surface area (Å²) in [6.07, 6.45) is 3.49. The number of aryl methyl sites for hydroxylation is 1. The lowest BCUT2D eigenvalue weighted by Gasteiger charge is -2.21. The van der Waals surface area contributed by atoms with E-state index in [9.17, 15) is 0 Å². The molecule has 1 aliphatic rings. The van der Waals surface area contributed by atoms with E-state index in [-0.39, 0.29) is 0 Å². The summed E-state index contributed by atoms with van der Waals surface area (Å²) in [5, 5.41) is 1.39. The van der Waals surface area contributed by atoms with Gasteiger partial charge in [-0.1, -0.05) is 25.1 Å². The molecule has 1 atom stereocenters. The summed E-state index contributed by atoms with van der Waals surface area (Å²) in [7, 11) is 0. The smallest absolute Gasteiger partial charge is 0.0515 e. The standard InChI is InChI=1S/C12H13N/c1-9-5-7-13-8-6-10-3-2-4-11(9)12(10)13/h2-4,6,8-9H,5,7H2,1H3. The number of hydrogen-bond acceptors (Lipinski definition) is 0. The Balaban J connectivity index is 2.45. The lowest BCUT2D eigenvalue weighted by molar-refractivity contribution is 0.563. The first-order chi connectivity index (χ1) is 6.36. The Morgan fingerprint density at radius 3 is 3.15 bits per heavy atom. The number of nitrogens with zero attached hydrogens (tertiary/aromatic N) is 1. The fourth-order valence-electron chi connectivity index (χ4n) is 2.36. The summed E-state index contributed by atoms with van der Waals surface area (Å²) in [5.74, 6) is 0.728. The summed E-state index contributed by atoms with van der Waals surface area (Å²) in [6.45, 7) is 3.51. The molecule has 3 rings (SSSR count). The molecule has 0 spiro atoms. The highest BCUT2D eigenvalue weighted by Gasteiger charge is 2.17. The second-order valence-electron chi connectivity index (χ2n) is 3.98. The van der Waals surface area contributed by atoms with Gasteiger partial charge in [-0.2, -0.15) is 0 Å². The molecule has 2 aromatic rings. The van der Waals surface area contributed by atoms with Gasteiger partial charge in [0.15, 0.2) is 0 Å². The van der Waals surface area contributed by atoms with Crippen molar-refractivity contribution >= 4 is 10.9 Å². The largest absolute Gasteiger partial charge is 0.347 e. The first kappa shape index (κ1) is 7.19. The van der Waals surface area contributed by atoms with Crippen molar-refractivity contribution in [1.82, 2.24) is 4.57 Å². The third-order valence-electron chi connectivity index (χ3n) is 3.15. The molecule has 1 aliphatic heterocycles. The molecule has 2 heterocycles. The van der Waals surface area contributed by atoms with Gasteiger partial charge in [-0.25, -0.2) is 0 Å². The third kappa shape index (κ3) is 0.873. The maximum atomic E-state index is 2.38. The van der Waals surface area contributed by atoms with E-state index in [1.807, 2.05) is 0 Å². The number of hydrogen-bond donors (Lipinski definition) is 0. The van der Waals surface area contributed by atoms with Gasteiger partial charge in [0, 0.05) is 12.7 Å². The van der Waals surface area contributed by atoms with E-state index in [4.69, 9.17) is 0 Å². The zero-order valence-corrected chi connectivity index (χ0v) is 7.83. The molecule has 1 unspecified atom stereocenters. The molecule has 0 amide bonds. The minimum atomic E-state index is 0.728. The Morgan fingerprint density at radius 1 is 1.31 bits per heavy atom. The average Bonchev–Trinajstić information content (AvgIpc) is 2.57. The molecular formula is C12H13N. The Morgan fingerprint density at radius 2 is 2.23 bits per heavy atom. The third-order valence-corrected chi connectivity index (χ3v) is 3.15. The van der Waals surface area contributed by atoms with Crippen molar-refractivity contribution in [2.75, 3.05) is 0 Å². The highest BCUT2D eigenvalue weighted by atomic mass is 15.0. The molecule has 1 heteroatoms. The van der Waals surface area contributed by atoms with Gasteiger partial charge in [0.25, 0.3) is 0 Å². The van der Waals surface area contributed by atoms with Crippen LogP contribution in [0.1, 0.15) is 24.8 Å². The molecule has 0 radical (unpaired) electrons. The normalized spacial score (nSPS) is 20.8. The lowest BCUT2D eigenvalue weighted by Crippen LogP contribution is -2.09. The van der Waals surface area contributed by atoms with Gasteiger partial charge in [-0.05, 0) is 29.4 Å². The first-order valence-electron chi connectivity index (χ1n) is 4.94. The van der Waals surface area contributed by atoms with E-state index in [1.54, 1.807) is 0 Å². The molecule has 0 bridgehead atoms. The molecule has 66 valence electrons. The zero-order valence-electron chi connectivity index (χ0n) is 7.83. The van der Waals surface area contributed by atoms with Crippen LogP contribution in [0.3, 0.4) is 0 Å². The quantitative estimate of drug-likeness (QED) is 0.574. The van der Waals surface area contributed by atoms with E-state index in [0.29, 0.717) is 0 Å². The molecule has 0 fully saturated rings. The van der Waals surface area contributed by atoms with E-state index in [0.717, 1.165) is 5.92 Å². The van der Waals surface area contributed by atoms with E-state index >= 15 is 0 Å². The van der Waals surface area contributed by atoms with Gasteiger partial charge in [0.2, 0.25) is 0 Å². The van der Waals surface area contributed by atoms with Gasteiger partial charge in [-0.15, -0.1) is 0 Å². The maximum absolute atomic E-state index is 2.38. The van der Waals surface area contributed by atoms with Gasteiger partial charge in [-0.3, -0.25) is 0 Å². The highest BCUT2D eigenvalue weighted by Crippen LogP contribution is 2.32. The van der Waals surface area contributed by atoms with Crippen LogP contribution in [0, 0.1) is 0 Å². The number of para-hydroxylation sites is 1. The van der Waals surface area contributed by atoms with Crippen LogP contribution in [0.4, 0.5) is 0 Å². The molecule has 0 aliphatic carbocycles. The van der Waals surface area contributed by atoms with Crippen molar-refractivity contribution in [1.29, 1.82) is 0 Å². The summed E-state index contributed by atoms with van der Waals surface area (Å²) in [6, 6.07) is 8.86. The Kier molecular flexibility index (Phi) is 1.32. The van der Waals surface area contributed by atoms with Crippen molar-refractivity contribution in [3.63, 3.8) is 0 Å². The summed E-state index contributed by atoms with van der Waals surface area (Å²) < 4.78 is 2.38. The molecule has 0 N–H and O–H groups in total. The molecule has 0 saturated heterocycles. The van der Waals surface area contributed by atoms with Crippen molar-refractivity contribution in [3.05, 3.63) is 36.0 Å². The predicted octanol–water partition coefficient (Wildman–Crippen LogP) is 3.15. The van der Waals surface area contributed by atoms with Crippen LogP contribution in [0.5, 0.6) is 0 Å². The Bertz CT molecular complexity index is 453. The molecule has 1 aromatic heterocycles. The minimum absolute atomic E-state index is 0.728. The van der Waals surface area contributed by atoms with Crippen molar-refractivity contribution in [3.8, 4) is 0 Å². The fraction of sp³-hybridized carbons (Fsp3) is 0.333. The van der Waals surface area contributed by atoms with Gasteiger partial charge in [0.05, 0.1) is 5.52 Å². The Hall–Kier alpha value is -1.24. The van der Waals surface area contributed by atoms with Crippen molar-refractivity contribution in [2.45, 2.75) is 25.8 Å². The highest BCUT2D eigenvalue weighted by molar-refractivity contribution is 5.84. The average molecular weight is 171 g/mol. The maximum Gasteiger partial charge on any atom is 0.0515 e. The Labute approximate surface area is 78.0 Å². The summed E-state index contributed by atoms with van der Waals surface area (Å²) in [4.78, 5) is 0. The van der Waals surface area contributed by atoms with Gasteiger partial charge in [0.1, 0.15) is 0 Å². The van der Waals surface area contributed by atoms with Gasteiger partial charge < -0.3 is 4.57 Å². The van der Waals surface area contributed by atoms with Crippen LogP contribution in [-0.2, 0) is 6.54 Å². The van der Waals surface area contributed by atoms with Crippen LogP contribution < -0.4 is 0 Å². The predicted molar refractivity (Wildman–Crippen MR) is 55.0 cm³/mol. The van der Waals surface area contributed by atoms with Crippen LogP contribution in [0.2, 0.25) is 0 Å². The van der Waals surface area contributed by atoms with Crippen LogP contribution >= 0.6 is 0 Å². The number of benzene rings is 1. The second-order valence-corrected chi connectivity index (χ2v) is 3.98. The molecule has 13 heavy (non-hydrogen) atoms. The first-order valence-corrected chi connectivity index (χ1v) is 4.94. The summed E-state index contributed by atoms with van der Waals surface area (Å²) >= 11 is 0. The molecule has 1 aromatic carbocycles. The SMILES string of the molecule is CC1CCn2ccc3cccc1c32. The van der Waals surface area contributed by atoms with Crippen molar-refractivity contribution < 1.29 is 0 Å². The number of rotatable bonds is 0. The van der Waals surface area contributed by atoms with Gasteiger partial charge >= 0.3 is 0 Å². The monoisotopic (exact) mass is 171 g/mol.